The fourth-order valence-electron chi connectivity index (χ4n) is 3.21. The molecule has 3 aromatic rings. The minimum absolute atomic E-state index is 0.0306. The van der Waals surface area contributed by atoms with Crippen LogP contribution in [-0.4, -0.2) is 51.5 Å². The van der Waals surface area contributed by atoms with E-state index in [9.17, 15) is 9.90 Å². The minimum atomic E-state index is -0.0306. The summed E-state index contributed by atoms with van der Waals surface area (Å²) in [4.78, 5) is 21.2. The number of hydrogen-bond acceptors (Lipinski definition) is 4. The van der Waals surface area contributed by atoms with Gasteiger partial charge in [-0.1, -0.05) is 6.07 Å². The first-order valence-corrected chi connectivity index (χ1v) is 8.39. The molecule has 25 heavy (non-hydrogen) atoms. The average molecular weight is 336 g/mol. The standard InChI is InChI=1S/C19H20N4O2/c1-14-5-6-23-13-17(20-18(23)11-14)19(25)22-9-7-21(8-10-22)15-3-2-4-16(24)12-15/h2-6,11-13,24H,7-10H2,1H3. The van der Waals surface area contributed by atoms with E-state index < -0.39 is 0 Å². The fourth-order valence-corrected chi connectivity index (χ4v) is 3.21. The van der Waals surface area contributed by atoms with Crippen LogP contribution in [0.5, 0.6) is 5.75 Å². The maximum Gasteiger partial charge on any atom is 0.274 e. The molecule has 1 fully saturated rings. The van der Waals surface area contributed by atoms with E-state index in [2.05, 4.69) is 9.88 Å². The molecule has 0 aliphatic carbocycles. The number of aromatic hydroxyl groups is 1. The number of imidazole rings is 1. The Balaban J connectivity index is 1.47. The Morgan fingerprint density at radius 2 is 1.92 bits per heavy atom. The van der Waals surface area contributed by atoms with Crippen LogP contribution in [0.25, 0.3) is 5.65 Å². The van der Waals surface area contributed by atoms with Gasteiger partial charge in [0.1, 0.15) is 17.1 Å². The van der Waals surface area contributed by atoms with E-state index in [4.69, 9.17) is 0 Å². The first kappa shape index (κ1) is 15.5. The van der Waals surface area contributed by atoms with Crippen LogP contribution in [0.15, 0.2) is 48.8 Å². The van der Waals surface area contributed by atoms with Crippen molar-refractivity contribution in [2.45, 2.75) is 6.92 Å². The van der Waals surface area contributed by atoms with Gasteiger partial charge in [-0.15, -0.1) is 0 Å². The summed E-state index contributed by atoms with van der Waals surface area (Å²) in [6.45, 7) is 4.77. The van der Waals surface area contributed by atoms with Gasteiger partial charge in [-0.05, 0) is 36.8 Å². The third kappa shape index (κ3) is 3.03. The molecule has 0 saturated carbocycles. The summed E-state index contributed by atoms with van der Waals surface area (Å²) in [5.41, 5.74) is 3.38. The van der Waals surface area contributed by atoms with Gasteiger partial charge in [-0.3, -0.25) is 4.79 Å². The summed E-state index contributed by atoms with van der Waals surface area (Å²) in [6.07, 6.45) is 3.72. The topological polar surface area (TPSA) is 61.1 Å². The van der Waals surface area contributed by atoms with Gasteiger partial charge in [0.2, 0.25) is 0 Å². The maximum atomic E-state index is 12.7. The lowest BCUT2D eigenvalue weighted by molar-refractivity contribution is 0.0741. The molecule has 0 atom stereocenters. The van der Waals surface area contributed by atoms with Crippen LogP contribution in [0.1, 0.15) is 16.1 Å². The molecular formula is C19H20N4O2. The third-order valence-corrected chi connectivity index (χ3v) is 4.60. The fraction of sp³-hybridized carbons (Fsp3) is 0.263. The zero-order valence-corrected chi connectivity index (χ0v) is 14.1. The number of pyridine rings is 1. The lowest BCUT2D eigenvalue weighted by Crippen LogP contribution is -2.48. The molecule has 6 heteroatoms. The molecule has 128 valence electrons. The zero-order chi connectivity index (χ0) is 17.4. The van der Waals surface area contributed by atoms with Crippen LogP contribution < -0.4 is 4.90 Å². The SMILES string of the molecule is Cc1ccn2cc(C(=O)N3CCN(c4cccc(O)c4)CC3)nc2c1. The van der Waals surface area contributed by atoms with Crippen molar-refractivity contribution in [3.8, 4) is 5.75 Å². The number of nitrogens with zero attached hydrogens (tertiary/aromatic N) is 4. The minimum Gasteiger partial charge on any atom is -0.508 e. The summed E-state index contributed by atoms with van der Waals surface area (Å²) in [6, 6.07) is 11.2. The summed E-state index contributed by atoms with van der Waals surface area (Å²) < 4.78 is 1.88. The van der Waals surface area contributed by atoms with E-state index in [1.165, 1.54) is 0 Å². The highest BCUT2D eigenvalue weighted by molar-refractivity contribution is 5.93. The van der Waals surface area contributed by atoms with E-state index in [1.807, 2.05) is 46.7 Å². The molecule has 0 bridgehead atoms. The average Bonchev–Trinajstić information content (AvgIpc) is 3.04. The number of piperazine rings is 1. The Morgan fingerprint density at radius 1 is 1.12 bits per heavy atom. The molecule has 1 aromatic carbocycles. The van der Waals surface area contributed by atoms with Crippen LogP contribution in [0.2, 0.25) is 0 Å². The highest BCUT2D eigenvalue weighted by Gasteiger charge is 2.24. The van der Waals surface area contributed by atoms with Gasteiger partial charge < -0.3 is 19.3 Å². The van der Waals surface area contributed by atoms with Crippen molar-refractivity contribution in [3.63, 3.8) is 0 Å². The summed E-state index contributed by atoms with van der Waals surface area (Å²) in [5.74, 6) is 0.230. The molecule has 0 spiro atoms. The molecule has 1 saturated heterocycles. The Morgan fingerprint density at radius 3 is 2.68 bits per heavy atom. The Hall–Kier alpha value is -3.02. The highest BCUT2D eigenvalue weighted by atomic mass is 16.3. The lowest BCUT2D eigenvalue weighted by atomic mass is 10.2. The van der Waals surface area contributed by atoms with E-state index in [0.29, 0.717) is 18.8 Å². The van der Waals surface area contributed by atoms with Crippen molar-refractivity contribution < 1.29 is 9.90 Å². The van der Waals surface area contributed by atoms with Crippen molar-refractivity contribution in [3.05, 3.63) is 60.0 Å². The van der Waals surface area contributed by atoms with Crippen LogP contribution in [0.4, 0.5) is 5.69 Å². The van der Waals surface area contributed by atoms with E-state index in [1.54, 1.807) is 18.3 Å². The Kier molecular flexibility index (Phi) is 3.80. The predicted octanol–water partition coefficient (Wildman–Crippen LogP) is 2.31. The number of aromatic nitrogens is 2. The van der Waals surface area contributed by atoms with Crippen LogP contribution in [0, 0.1) is 6.92 Å². The number of hydrogen-bond donors (Lipinski definition) is 1. The molecule has 0 unspecified atom stereocenters. The third-order valence-electron chi connectivity index (χ3n) is 4.60. The molecule has 2 aromatic heterocycles. The second-order valence-electron chi connectivity index (χ2n) is 6.39. The quantitative estimate of drug-likeness (QED) is 0.780. The number of anilines is 1. The summed E-state index contributed by atoms with van der Waals surface area (Å²) in [5, 5.41) is 9.62. The van der Waals surface area contributed by atoms with Crippen molar-refractivity contribution in [2.75, 3.05) is 31.1 Å². The van der Waals surface area contributed by atoms with Crippen LogP contribution >= 0.6 is 0 Å². The Bertz CT molecular complexity index is 926. The maximum absolute atomic E-state index is 12.7. The van der Waals surface area contributed by atoms with E-state index in [0.717, 1.165) is 30.0 Å². The molecule has 1 amide bonds. The smallest absolute Gasteiger partial charge is 0.274 e. The van der Waals surface area contributed by atoms with Gasteiger partial charge >= 0.3 is 0 Å². The van der Waals surface area contributed by atoms with Crippen LogP contribution in [0.3, 0.4) is 0 Å². The second-order valence-corrected chi connectivity index (χ2v) is 6.39. The monoisotopic (exact) mass is 336 g/mol. The van der Waals surface area contributed by atoms with Crippen molar-refractivity contribution in [2.24, 2.45) is 0 Å². The number of carbonyl (C=O) groups is 1. The van der Waals surface area contributed by atoms with Gasteiger partial charge in [0.15, 0.2) is 0 Å². The molecule has 0 radical (unpaired) electrons. The first-order valence-electron chi connectivity index (χ1n) is 8.39. The first-order chi connectivity index (χ1) is 12.1. The summed E-state index contributed by atoms with van der Waals surface area (Å²) in [7, 11) is 0. The van der Waals surface area contributed by atoms with Gasteiger partial charge in [-0.2, -0.15) is 0 Å². The van der Waals surface area contributed by atoms with Gasteiger partial charge in [0.25, 0.3) is 5.91 Å². The predicted molar refractivity (Wildman–Crippen MR) is 96.2 cm³/mol. The molecule has 1 aliphatic heterocycles. The molecular weight excluding hydrogens is 316 g/mol. The molecule has 3 heterocycles. The molecule has 1 N–H and O–H groups in total. The van der Waals surface area contributed by atoms with Crippen molar-refractivity contribution in [1.82, 2.24) is 14.3 Å². The molecule has 6 nitrogen and oxygen atoms in total. The highest BCUT2D eigenvalue weighted by Crippen LogP contribution is 2.21. The number of fused-ring (bicyclic) bond motifs is 1. The number of rotatable bonds is 2. The lowest BCUT2D eigenvalue weighted by Gasteiger charge is -2.35. The molecule has 1 aliphatic rings. The van der Waals surface area contributed by atoms with Crippen LogP contribution in [-0.2, 0) is 0 Å². The van der Waals surface area contributed by atoms with E-state index in [-0.39, 0.29) is 11.7 Å². The normalized spacial score (nSPS) is 14.9. The number of carbonyl (C=O) groups excluding carboxylic acids is 1. The van der Waals surface area contributed by atoms with Crippen molar-refractivity contribution >= 4 is 17.2 Å². The van der Waals surface area contributed by atoms with Gasteiger partial charge in [0, 0.05) is 50.3 Å². The Labute approximate surface area is 145 Å². The number of amides is 1. The van der Waals surface area contributed by atoms with Gasteiger partial charge in [-0.25, -0.2) is 4.98 Å². The van der Waals surface area contributed by atoms with Gasteiger partial charge in [0.05, 0.1) is 0 Å². The van der Waals surface area contributed by atoms with E-state index >= 15 is 0 Å². The molecule has 4 rings (SSSR count). The summed E-state index contributed by atoms with van der Waals surface area (Å²) >= 11 is 0. The van der Waals surface area contributed by atoms with Crippen molar-refractivity contribution in [1.29, 1.82) is 0 Å². The second kappa shape index (κ2) is 6.12. The number of benzene rings is 1. The zero-order valence-electron chi connectivity index (χ0n) is 14.1. The number of aryl methyl sites for hydroxylation is 1. The number of phenols is 1. The largest absolute Gasteiger partial charge is 0.508 e. The number of phenolic OH excluding ortho intramolecular Hbond substituents is 1.